The molecule has 1 aliphatic heterocycles. The molecule has 1 aliphatic rings. The van der Waals surface area contributed by atoms with Crippen molar-refractivity contribution in [1.29, 1.82) is 0 Å². The molecule has 0 radical (unpaired) electrons. The minimum Gasteiger partial charge on any atom is -0.494 e. The monoisotopic (exact) mass is 392 g/mol. The molecule has 27 heavy (non-hydrogen) atoms. The number of methoxy groups -OCH3 is 1. The first kappa shape index (κ1) is 19.6. The first-order valence-electron chi connectivity index (χ1n) is 9.06. The molecule has 2 aromatic carbocycles. The summed E-state index contributed by atoms with van der Waals surface area (Å²) in [5.74, 6) is -0.00724. The van der Waals surface area contributed by atoms with Crippen LogP contribution in [0.5, 0.6) is 5.75 Å². The molecule has 0 bridgehead atoms. The maximum atomic E-state index is 13.8. The molecule has 0 aliphatic carbocycles. The number of hydrogen-bond acceptors (Lipinski definition) is 4. The van der Waals surface area contributed by atoms with Crippen molar-refractivity contribution in [1.82, 2.24) is 4.72 Å². The van der Waals surface area contributed by atoms with Crippen LogP contribution in [-0.2, 0) is 16.6 Å². The van der Waals surface area contributed by atoms with Crippen LogP contribution >= 0.6 is 0 Å². The average Bonchev–Trinajstić information content (AvgIpc) is 2.67. The Bertz CT molecular complexity index is 885. The Hall–Kier alpha value is -2.12. The SMILES string of the molecule is COc1ccc(S(=O)(=O)NCc2ccc(N3CCCC(C)C3)cc2)cc1F. The Balaban J connectivity index is 1.64. The molecule has 3 rings (SSSR count). The predicted octanol–water partition coefficient (Wildman–Crippen LogP) is 3.55. The van der Waals surface area contributed by atoms with E-state index >= 15 is 0 Å². The van der Waals surface area contributed by atoms with Crippen molar-refractivity contribution in [3.8, 4) is 5.75 Å². The molecule has 0 saturated carbocycles. The summed E-state index contributed by atoms with van der Waals surface area (Å²) in [6, 6.07) is 11.5. The number of piperidine rings is 1. The van der Waals surface area contributed by atoms with Crippen LogP contribution < -0.4 is 14.4 Å². The topological polar surface area (TPSA) is 58.6 Å². The maximum Gasteiger partial charge on any atom is 0.240 e. The zero-order valence-corrected chi connectivity index (χ0v) is 16.4. The number of nitrogens with zero attached hydrogens (tertiary/aromatic N) is 1. The summed E-state index contributed by atoms with van der Waals surface area (Å²) in [6.07, 6.45) is 2.46. The van der Waals surface area contributed by atoms with E-state index in [0.29, 0.717) is 5.92 Å². The van der Waals surface area contributed by atoms with E-state index in [1.165, 1.54) is 32.1 Å². The van der Waals surface area contributed by atoms with Gasteiger partial charge in [-0.05, 0) is 54.7 Å². The van der Waals surface area contributed by atoms with Gasteiger partial charge in [-0.3, -0.25) is 0 Å². The van der Waals surface area contributed by atoms with Gasteiger partial charge < -0.3 is 9.64 Å². The van der Waals surface area contributed by atoms with Crippen LogP contribution in [0.15, 0.2) is 47.4 Å². The second-order valence-electron chi connectivity index (χ2n) is 6.98. The molecular weight excluding hydrogens is 367 g/mol. The fourth-order valence-electron chi connectivity index (χ4n) is 3.32. The molecule has 0 aromatic heterocycles. The number of benzene rings is 2. The third-order valence-electron chi connectivity index (χ3n) is 4.86. The summed E-state index contributed by atoms with van der Waals surface area (Å²) in [5.41, 5.74) is 2.01. The Kier molecular flexibility index (Phi) is 6.01. The fourth-order valence-corrected chi connectivity index (χ4v) is 4.35. The summed E-state index contributed by atoms with van der Waals surface area (Å²) in [4.78, 5) is 2.24. The first-order chi connectivity index (χ1) is 12.9. The van der Waals surface area contributed by atoms with Crippen LogP contribution in [0.1, 0.15) is 25.3 Å². The Morgan fingerprint density at radius 3 is 2.59 bits per heavy atom. The first-order valence-corrected chi connectivity index (χ1v) is 10.5. The summed E-state index contributed by atoms with van der Waals surface area (Å²) < 4.78 is 45.9. The molecule has 5 nitrogen and oxygen atoms in total. The van der Waals surface area contributed by atoms with Crippen LogP contribution in [-0.4, -0.2) is 28.6 Å². The zero-order chi connectivity index (χ0) is 19.4. The summed E-state index contributed by atoms with van der Waals surface area (Å²) in [6.45, 7) is 4.51. The van der Waals surface area contributed by atoms with Crippen LogP contribution in [0.25, 0.3) is 0 Å². The standard InChI is InChI=1S/C20H25FN2O3S/c1-15-4-3-11-23(14-15)17-7-5-16(6-8-17)13-22-27(24,25)18-9-10-20(26-2)19(21)12-18/h5-10,12,15,22H,3-4,11,13-14H2,1-2H3. The zero-order valence-electron chi connectivity index (χ0n) is 15.6. The highest BCUT2D eigenvalue weighted by atomic mass is 32.2. The largest absolute Gasteiger partial charge is 0.494 e. The molecule has 1 fully saturated rings. The minimum atomic E-state index is -3.80. The number of nitrogens with one attached hydrogen (secondary N) is 1. The quantitative estimate of drug-likeness (QED) is 0.817. The van der Waals surface area contributed by atoms with Crippen molar-refractivity contribution in [2.75, 3.05) is 25.1 Å². The van der Waals surface area contributed by atoms with Crippen molar-refractivity contribution >= 4 is 15.7 Å². The van der Waals surface area contributed by atoms with Gasteiger partial charge in [0, 0.05) is 25.3 Å². The van der Waals surface area contributed by atoms with Gasteiger partial charge in [0.05, 0.1) is 12.0 Å². The van der Waals surface area contributed by atoms with E-state index in [0.717, 1.165) is 30.4 Å². The highest BCUT2D eigenvalue weighted by molar-refractivity contribution is 7.89. The predicted molar refractivity (Wildman–Crippen MR) is 104 cm³/mol. The number of sulfonamides is 1. The van der Waals surface area contributed by atoms with E-state index < -0.39 is 15.8 Å². The van der Waals surface area contributed by atoms with E-state index in [4.69, 9.17) is 4.74 Å². The lowest BCUT2D eigenvalue weighted by molar-refractivity contribution is 0.385. The fraction of sp³-hybridized carbons (Fsp3) is 0.400. The number of ether oxygens (including phenoxy) is 1. The Labute approximate surface area is 160 Å². The number of halogens is 1. The molecule has 0 amide bonds. The Morgan fingerprint density at radius 2 is 1.96 bits per heavy atom. The van der Waals surface area contributed by atoms with Crippen LogP contribution in [0.2, 0.25) is 0 Å². The van der Waals surface area contributed by atoms with Crippen LogP contribution in [0.4, 0.5) is 10.1 Å². The van der Waals surface area contributed by atoms with Crippen molar-refractivity contribution in [2.24, 2.45) is 5.92 Å². The van der Waals surface area contributed by atoms with Gasteiger partial charge in [0.25, 0.3) is 0 Å². The summed E-state index contributed by atoms with van der Waals surface area (Å²) in [7, 11) is -2.47. The third kappa shape index (κ3) is 4.78. The molecule has 1 atom stereocenters. The van der Waals surface area contributed by atoms with Gasteiger partial charge in [0.2, 0.25) is 10.0 Å². The van der Waals surface area contributed by atoms with Crippen molar-refractivity contribution in [3.05, 3.63) is 53.8 Å². The smallest absolute Gasteiger partial charge is 0.240 e. The molecule has 1 heterocycles. The maximum absolute atomic E-state index is 13.8. The van der Waals surface area contributed by atoms with Crippen molar-refractivity contribution < 1.29 is 17.5 Å². The second kappa shape index (κ2) is 8.27. The lowest BCUT2D eigenvalue weighted by Gasteiger charge is -2.32. The van der Waals surface area contributed by atoms with Gasteiger partial charge in [0.1, 0.15) is 0 Å². The number of rotatable bonds is 6. The molecular formula is C20H25FN2O3S. The molecule has 1 N–H and O–H groups in total. The van der Waals surface area contributed by atoms with Gasteiger partial charge >= 0.3 is 0 Å². The van der Waals surface area contributed by atoms with E-state index in [2.05, 4.69) is 16.5 Å². The highest BCUT2D eigenvalue weighted by Crippen LogP contribution is 2.24. The molecule has 1 unspecified atom stereocenters. The molecule has 7 heteroatoms. The molecule has 146 valence electrons. The van der Waals surface area contributed by atoms with E-state index in [1.807, 2.05) is 24.3 Å². The van der Waals surface area contributed by atoms with Gasteiger partial charge in [-0.15, -0.1) is 0 Å². The van der Waals surface area contributed by atoms with Gasteiger partial charge in [-0.1, -0.05) is 19.1 Å². The minimum absolute atomic E-state index is 0.0107. The normalized spacial score (nSPS) is 17.7. The highest BCUT2D eigenvalue weighted by Gasteiger charge is 2.18. The number of anilines is 1. The summed E-state index contributed by atoms with van der Waals surface area (Å²) >= 11 is 0. The molecule has 1 saturated heterocycles. The lowest BCUT2D eigenvalue weighted by atomic mass is 9.99. The third-order valence-corrected chi connectivity index (χ3v) is 6.26. The van der Waals surface area contributed by atoms with Crippen molar-refractivity contribution in [3.63, 3.8) is 0 Å². The second-order valence-corrected chi connectivity index (χ2v) is 8.75. The summed E-state index contributed by atoms with van der Waals surface area (Å²) in [5, 5.41) is 0. The van der Waals surface area contributed by atoms with Gasteiger partial charge in [0.15, 0.2) is 11.6 Å². The van der Waals surface area contributed by atoms with Gasteiger partial charge in [-0.25, -0.2) is 17.5 Å². The molecule has 2 aromatic rings. The average molecular weight is 392 g/mol. The lowest BCUT2D eigenvalue weighted by Crippen LogP contribution is -2.34. The van der Waals surface area contributed by atoms with Crippen molar-refractivity contribution in [2.45, 2.75) is 31.2 Å². The van der Waals surface area contributed by atoms with Crippen LogP contribution in [0, 0.1) is 11.7 Å². The van der Waals surface area contributed by atoms with Crippen LogP contribution in [0.3, 0.4) is 0 Å². The van der Waals surface area contributed by atoms with E-state index in [9.17, 15) is 12.8 Å². The van der Waals surface area contributed by atoms with Gasteiger partial charge in [-0.2, -0.15) is 0 Å². The Morgan fingerprint density at radius 1 is 1.22 bits per heavy atom. The molecule has 0 spiro atoms. The number of hydrogen-bond donors (Lipinski definition) is 1. The van der Waals surface area contributed by atoms with E-state index in [1.54, 1.807) is 0 Å². The van der Waals surface area contributed by atoms with E-state index in [-0.39, 0.29) is 17.2 Å².